The number of nitrogens with one attached hydrogen (secondary N) is 3. The van der Waals surface area contributed by atoms with Crippen LogP contribution in [0.1, 0.15) is 73.6 Å². The molecule has 0 aliphatic rings. The van der Waals surface area contributed by atoms with Crippen molar-refractivity contribution in [1.82, 2.24) is 10.5 Å². The summed E-state index contributed by atoms with van der Waals surface area (Å²) in [4.78, 5) is 38.1. The number of amides is 3. The second-order valence-corrected chi connectivity index (χ2v) is 12.1. The van der Waals surface area contributed by atoms with E-state index in [-0.39, 0.29) is 41.6 Å². The molecule has 0 aliphatic heterocycles. The number of rotatable bonds is 9. The van der Waals surface area contributed by atoms with E-state index in [4.69, 9.17) is 14.0 Å². The van der Waals surface area contributed by atoms with Crippen molar-refractivity contribution in [2.45, 2.75) is 53.9 Å². The lowest BCUT2D eigenvalue weighted by Gasteiger charge is -2.21. The van der Waals surface area contributed by atoms with E-state index in [1.165, 1.54) is 7.11 Å². The lowest BCUT2D eigenvalue weighted by Crippen LogP contribution is -2.31. The molecule has 3 aromatic rings. The summed E-state index contributed by atoms with van der Waals surface area (Å²) in [5, 5.41) is 12.6. The number of carbonyl (C=O) groups is 3. The van der Waals surface area contributed by atoms with Gasteiger partial charge in [0.15, 0.2) is 0 Å². The van der Waals surface area contributed by atoms with E-state index in [2.05, 4.69) is 21.1 Å². The van der Waals surface area contributed by atoms with Crippen LogP contribution in [0, 0.1) is 12.3 Å². The van der Waals surface area contributed by atoms with Crippen molar-refractivity contribution in [3.05, 3.63) is 64.9 Å². The average Bonchev–Trinajstić information content (AvgIpc) is 3.37. The molecule has 0 spiro atoms. The Balaban J connectivity index is 1.82. The van der Waals surface area contributed by atoms with Crippen LogP contribution in [0.4, 0.5) is 16.2 Å². The molecule has 3 amide bonds. The van der Waals surface area contributed by atoms with E-state index in [0.717, 1.165) is 11.1 Å². The summed E-state index contributed by atoms with van der Waals surface area (Å²) in [5.74, 6) is -0.589. The van der Waals surface area contributed by atoms with Gasteiger partial charge in [0.25, 0.3) is 11.8 Å². The Kier molecular flexibility index (Phi) is 9.93. The number of ether oxygens (including phenoxy) is 2. The number of anilines is 2. The van der Waals surface area contributed by atoms with Crippen LogP contribution in [0.15, 0.2) is 47.0 Å². The Morgan fingerprint density at radius 3 is 2.27 bits per heavy atom. The first-order valence-corrected chi connectivity index (χ1v) is 13.4. The summed E-state index contributed by atoms with van der Waals surface area (Å²) >= 11 is 0. The fraction of sp³-hybridized carbons (Fsp3) is 0.419. The van der Waals surface area contributed by atoms with Gasteiger partial charge < -0.3 is 24.6 Å². The molecule has 10 heteroatoms. The number of hydrogen-bond donors (Lipinski definition) is 3. The molecule has 0 aliphatic carbocycles. The van der Waals surface area contributed by atoms with Crippen LogP contribution >= 0.6 is 0 Å². The van der Waals surface area contributed by atoms with E-state index in [1.807, 2.05) is 60.6 Å². The normalized spacial score (nSPS) is 11.6. The van der Waals surface area contributed by atoms with E-state index in [0.29, 0.717) is 34.7 Å². The molecule has 41 heavy (non-hydrogen) atoms. The number of methoxy groups -OCH3 is 1. The number of carbonyl (C=O) groups excluding carboxylic acids is 3. The van der Waals surface area contributed by atoms with Gasteiger partial charge in [0.05, 0.1) is 6.61 Å². The Labute approximate surface area is 241 Å². The minimum Gasteiger partial charge on any atom is -0.447 e. The quantitative estimate of drug-likeness (QED) is 0.265. The molecule has 3 rings (SSSR count). The number of aryl methyl sites for hydroxylation is 1. The van der Waals surface area contributed by atoms with Gasteiger partial charge >= 0.3 is 6.09 Å². The number of hydrogen-bond acceptors (Lipinski definition) is 7. The molecule has 0 saturated heterocycles. The van der Waals surface area contributed by atoms with Crippen LogP contribution in [0.5, 0.6) is 0 Å². The molecular formula is C31H40N4O6. The minimum absolute atomic E-state index is 0.0712. The lowest BCUT2D eigenvalue weighted by atomic mass is 9.85. The first-order chi connectivity index (χ1) is 19.2. The number of nitrogens with zero attached hydrogens (tertiary/aromatic N) is 1. The van der Waals surface area contributed by atoms with E-state index in [9.17, 15) is 14.4 Å². The maximum absolute atomic E-state index is 13.4. The molecule has 0 unspecified atom stereocenters. The van der Waals surface area contributed by atoms with Crippen LogP contribution < -0.4 is 16.0 Å². The zero-order valence-corrected chi connectivity index (χ0v) is 25.1. The fourth-order valence-corrected chi connectivity index (χ4v) is 3.76. The Hall–Kier alpha value is -4.18. The van der Waals surface area contributed by atoms with Crippen molar-refractivity contribution in [3.63, 3.8) is 0 Å². The molecule has 10 nitrogen and oxygen atoms in total. The number of aromatic nitrogens is 1. The molecule has 0 radical (unpaired) electrons. The van der Waals surface area contributed by atoms with Gasteiger partial charge in [-0.1, -0.05) is 52.8 Å². The minimum atomic E-state index is -0.637. The zero-order chi connectivity index (χ0) is 30.4. The second kappa shape index (κ2) is 13.0. The third-order valence-corrected chi connectivity index (χ3v) is 6.11. The van der Waals surface area contributed by atoms with E-state index < -0.39 is 6.09 Å². The predicted octanol–water partition coefficient (Wildman–Crippen LogP) is 6.17. The van der Waals surface area contributed by atoms with Gasteiger partial charge in [0, 0.05) is 42.2 Å². The first-order valence-electron chi connectivity index (χ1n) is 13.4. The second-order valence-electron chi connectivity index (χ2n) is 12.1. The predicted molar refractivity (Wildman–Crippen MR) is 158 cm³/mol. The van der Waals surface area contributed by atoms with Gasteiger partial charge in [-0.3, -0.25) is 14.9 Å². The summed E-state index contributed by atoms with van der Waals surface area (Å²) in [6, 6.07) is 12.2. The Morgan fingerprint density at radius 1 is 0.878 bits per heavy atom. The SMILES string of the molecule is COCCOC(=O)Nc1cc(C(=O)Nc2ccc(C)c(-c3cc(C(=O)NCC(C)(C)C)on3)c2)cc(C(C)(C)C)c1. The van der Waals surface area contributed by atoms with Gasteiger partial charge in [0.1, 0.15) is 12.3 Å². The first kappa shape index (κ1) is 31.3. The van der Waals surface area contributed by atoms with Crippen molar-refractivity contribution in [2.24, 2.45) is 5.41 Å². The molecule has 1 heterocycles. The summed E-state index contributed by atoms with van der Waals surface area (Å²) < 4.78 is 15.3. The number of benzene rings is 2. The van der Waals surface area contributed by atoms with Crippen molar-refractivity contribution in [2.75, 3.05) is 37.5 Å². The monoisotopic (exact) mass is 564 g/mol. The van der Waals surface area contributed by atoms with E-state index in [1.54, 1.807) is 30.3 Å². The zero-order valence-electron chi connectivity index (χ0n) is 25.1. The van der Waals surface area contributed by atoms with Gasteiger partial charge in [0.2, 0.25) is 5.76 Å². The molecule has 0 bridgehead atoms. The summed E-state index contributed by atoms with van der Waals surface area (Å²) in [6.45, 7) is 14.9. The molecule has 1 aromatic heterocycles. The van der Waals surface area contributed by atoms with Gasteiger partial charge in [-0.2, -0.15) is 0 Å². The highest BCUT2D eigenvalue weighted by molar-refractivity contribution is 6.05. The Bertz CT molecular complexity index is 1400. The van der Waals surface area contributed by atoms with Crippen molar-refractivity contribution in [1.29, 1.82) is 0 Å². The molecular weight excluding hydrogens is 524 g/mol. The third-order valence-electron chi connectivity index (χ3n) is 6.11. The Morgan fingerprint density at radius 2 is 1.61 bits per heavy atom. The fourth-order valence-electron chi connectivity index (χ4n) is 3.76. The van der Waals surface area contributed by atoms with E-state index >= 15 is 0 Å². The summed E-state index contributed by atoms with van der Waals surface area (Å²) in [5.41, 5.74) is 3.94. The van der Waals surface area contributed by atoms with Crippen LogP contribution in [-0.2, 0) is 14.9 Å². The van der Waals surface area contributed by atoms with Crippen LogP contribution in [0.3, 0.4) is 0 Å². The van der Waals surface area contributed by atoms with Gasteiger partial charge in [-0.15, -0.1) is 0 Å². The van der Waals surface area contributed by atoms with Gasteiger partial charge in [-0.25, -0.2) is 4.79 Å². The van der Waals surface area contributed by atoms with Crippen molar-refractivity contribution < 1.29 is 28.4 Å². The topological polar surface area (TPSA) is 132 Å². The average molecular weight is 565 g/mol. The van der Waals surface area contributed by atoms with Gasteiger partial charge in [-0.05, 0) is 59.2 Å². The molecule has 2 aromatic carbocycles. The maximum Gasteiger partial charge on any atom is 0.411 e. The smallest absolute Gasteiger partial charge is 0.411 e. The summed E-state index contributed by atoms with van der Waals surface area (Å²) in [6.07, 6.45) is -0.637. The summed E-state index contributed by atoms with van der Waals surface area (Å²) in [7, 11) is 1.52. The highest BCUT2D eigenvalue weighted by atomic mass is 16.6. The molecule has 0 saturated carbocycles. The van der Waals surface area contributed by atoms with Crippen LogP contribution in [0.2, 0.25) is 0 Å². The molecule has 0 atom stereocenters. The standard InChI is InChI=1S/C31H40N4O6/c1-19-9-10-22(16-24(19)25-17-26(41-35-25)28(37)32-18-30(2,3)4)33-27(36)20-13-21(31(5,6)7)15-23(14-20)34-29(38)40-12-11-39-8/h9-10,13-17H,11-12,18H2,1-8H3,(H,32,37)(H,33,36)(H,34,38). The van der Waals surface area contributed by atoms with Crippen molar-refractivity contribution in [3.8, 4) is 11.3 Å². The molecule has 0 fully saturated rings. The maximum atomic E-state index is 13.4. The van der Waals surface area contributed by atoms with Crippen LogP contribution in [0.25, 0.3) is 11.3 Å². The molecule has 3 N–H and O–H groups in total. The lowest BCUT2D eigenvalue weighted by molar-refractivity contribution is 0.0902. The van der Waals surface area contributed by atoms with Crippen molar-refractivity contribution >= 4 is 29.3 Å². The highest BCUT2D eigenvalue weighted by Gasteiger charge is 2.21. The molecule has 220 valence electrons. The third kappa shape index (κ3) is 9.18. The largest absolute Gasteiger partial charge is 0.447 e. The van der Waals surface area contributed by atoms with Crippen LogP contribution in [-0.4, -0.2) is 49.9 Å². The highest BCUT2D eigenvalue weighted by Crippen LogP contribution is 2.29.